The van der Waals surface area contributed by atoms with Gasteiger partial charge >= 0.3 is 0 Å². The second kappa shape index (κ2) is 9.12. The molecule has 0 spiro atoms. The van der Waals surface area contributed by atoms with Crippen LogP contribution in [-0.2, 0) is 0 Å². The first-order valence-corrected chi connectivity index (χ1v) is 12.2. The van der Waals surface area contributed by atoms with Gasteiger partial charge in [-0.15, -0.1) is 0 Å². The summed E-state index contributed by atoms with van der Waals surface area (Å²) < 4.78 is 11.7. The number of ether oxygens (including phenoxy) is 1. The molecule has 0 saturated heterocycles. The number of rotatable bonds is 3. The first-order valence-electron chi connectivity index (χ1n) is 12.2. The SMILES string of the molecule is O=C1C[C@H](c2ccc(O)cc2)Oc2cc(O)c(-c3cc(O)c(O)cc3-c3cc(=O)c4c(O)cc(O)cc4o3)c(O)c21. The Morgan fingerprint density at radius 2 is 1.34 bits per heavy atom. The van der Waals surface area contributed by atoms with E-state index in [1.165, 1.54) is 12.1 Å². The molecule has 206 valence electrons. The van der Waals surface area contributed by atoms with Crippen LogP contribution in [0.2, 0.25) is 0 Å². The van der Waals surface area contributed by atoms with Crippen LogP contribution in [0.3, 0.4) is 0 Å². The highest BCUT2D eigenvalue weighted by Gasteiger charge is 2.34. The molecule has 1 aromatic heterocycles. The van der Waals surface area contributed by atoms with E-state index in [0.29, 0.717) is 5.56 Å². The van der Waals surface area contributed by atoms with Gasteiger partial charge in [0.1, 0.15) is 62.9 Å². The number of carbonyl (C=O) groups is 1. The number of fused-ring (bicyclic) bond motifs is 2. The Kier molecular flexibility index (Phi) is 5.66. The minimum atomic E-state index is -0.756. The van der Waals surface area contributed by atoms with Crippen LogP contribution in [-0.4, -0.2) is 41.5 Å². The monoisotopic (exact) mass is 556 g/mol. The normalized spacial score (nSPS) is 14.5. The Morgan fingerprint density at radius 1 is 0.659 bits per heavy atom. The summed E-state index contributed by atoms with van der Waals surface area (Å²) in [6, 6.07) is 12.2. The van der Waals surface area contributed by atoms with E-state index in [9.17, 15) is 45.3 Å². The molecule has 0 amide bonds. The van der Waals surface area contributed by atoms with E-state index in [1.54, 1.807) is 12.1 Å². The van der Waals surface area contributed by atoms with E-state index >= 15 is 0 Å². The molecule has 11 heteroatoms. The van der Waals surface area contributed by atoms with Gasteiger partial charge in [0, 0.05) is 35.4 Å². The van der Waals surface area contributed by atoms with Crippen molar-refractivity contribution in [2.75, 3.05) is 0 Å². The topological polar surface area (TPSA) is 198 Å². The molecule has 1 atom stereocenters. The highest BCUT2D eigenvalue weighted by Crippen LogP contribution is 2.52. The number of Topliss-reactive ketones (excluding diaryl/α,β-unsaturated/α-hetero) is 1. The Labute approximate surface area is 229 Å². The lowest BCUT2D eigenvalue weighted by Gasteiger charge is -2.27. The van der Waals surface area contributed by atoms with Crippen molar-refractivity contribution < 1.29 is 49.7 Å². The molecule has 0 unspecified atom stereocenters. The van der Waals surface area contributed by atoms with E-state index in [1.807, 2.05) is 0 Å². The van der Waals surface area contributed by atoms with E-state index in [0.717, 1.165) is 36.4 Å². The predicted molar refractivity (Wildman–Crippen MR) is 144 cm³/mol. The molecule has 5 aromatic rings. The Balaban J connectivity index is 1.54. The Bertz CT molecular complexity index is 1960. The summed E-state index contributed by atoms with van der Waals surface area (Å²) in [5, 5.41) is 72.2. The zero-order valence-electron chi connectivity index (χ0n) is 20.8. The summed E-state index contributed by atoms with van der Waals surface area (Å²) >= 11 is 0. The maximum absolute atomic E-state index is 13.2. The van der Waals surface area contributed by atoms with Gasteiger partial charge in [0.15, 0.2) is 22.7 Å². The quantitative estimate of drug-likeness (QED) is 0.151. The number of hydrogen-bond donors (Lipinski definition) is 7. The van der Waals surface area contributed by atoms with Crippen molar-refractivity contribution >= 4 is 16.8 Å². The zero-order chi connectivity index (χ0) is 29.2. The molecule has 0 saturated carbocycles. The molecule has 4 aromatic carbocycles. The van der Waals surface area contributed by atoms with Gasteiger partial charge in [-0.2, -0.15) is 0 Å². The number of benzene rings is 4. The third-order valence-corrected chi connectivity index (χ3v) is 6.87. The second-order valence-corrected chi connectivity index (χ2v) is 9.52. The van der Waals surface area contributed by atoms with Crippen molar-refractivity contribution in [1.29, 1.82) is 0 Å². The van der Waals surface area contributed by atoms with Crippen LogP contribution in [0, 0.1) is 0 Å². The van der Waals surface area contributed by atoms with Crippen molar-refractivity contribution in [1.82, 2.24) is 0 Å². The molecule has 0 aliphatic carbocycles. The van der Waals surface area contributed by atoms with Gasteiger partial charge in [0.05, 0.1) is 12.0 Å². The maximum atomic E-state index is 13.2. The molecule has 11 nitrogen and oxygen atoms in total. The number of phenolic OH excluding ortho intramolecular Hbond substituents is 7. The van der Waals surface area contributed by atoms with E-state index in [4.69, 9.17) is 9.15 Å². The fraction of sp³-hybridized carbons (Fsp3) is 0.0667. The van der Waals surface area contributed by atoms with Crippen LogP contribution in [0.1, 0.15) is 28.4 Å². The average molecular weight is 556 g/mol. The van der Waals surface area contributed by atoms with Crippen molar-refractivity contribution in [3.05, 3.63) is 82.0 Å². The summed E-state index contributed by atoms with van der Waals surface area (Å²) in [5.74, 6) is -4.25. The number of carbonyl (C=O) groups excluding carboxylic acids is 1. The lowest BCUT2D eigenvalue weighted by atomic mass is 9.89. The number of aromatic hydroxyl groups is 7. The molecule has 41 heavy (non-hydrogen) atoms. The van der Waals surface area contributed by atoms with Crippen molar-refractivity contribution in [3.63, 3.8) is 0 Å². The molecule has 1 aliphatic rings. The van der Waals surface area contributed by atoms with Crippen molar-refractivity contribution in [2.24, 2.45) is 0 Å². The van der Waals surface area contributed by atoms with Crippen LogP contribution < -0.4 is 10.2 Å². The summed E-state index contributed by atoms with van der Waals surface area (Å²) in [7, 11) is 0. The van der Waals surface area contributed by atoms with Gasteiger partial charge in [-0.1, -0.05) is 12.1 Å². The largest absolute Gasteiger partial charge is 0.508 e. The van der Waals surface area contributed by atoms with Crippen LogP contribution in [0.25, 0.3) is 33.4 Å². The van der Waals surface area contributed by atoms with Crippen LogP contribution >= 0.6 is 0 Å². The molecule has 1 aliphatic heterocycles. The van der Waals surface area contributed by atoms with Crippen LogP contribution in [0.5, 0.6) is 46.0 Å². The summed E-state index contributed by atoms with van der Waals surface area (Å²) in [6.45, 7) is 0. The molecule has 0 radical (unpaired) electrons. The Hall–Kier alpha value is -5.84. The molecule has 0 fully saturated rings. The molecular formula is C30H20O11. The summed E-state index contributed by atoms with van der Waals surface area (Å²) in [4.78, 5) is 26.1. The standard InChI is InChI=1S/C30H20O11/c31-13-3-1-12(2-4-13)23-9-22(38)29-26(40-23)11-20(36)27(30(29)39)16-8-18(34)17(33)7-15(16)24-10-21(37)28-19(35)5-14(32)6-25(28)41-24/h1-8,10-11,23,31-36,39H,9H2/t23-/m1/s1. The number of hydrogen-bond acceptors (Lipinski definition) is 11. The molecule has 6 rings (SSSR count). The average Bonchev–Trinajstić information content (AvgIpc) is 2.89. The first-order chi connectivity index (χ1) is 19.5. The molecule has 2 heterocycles. The first kappa shape index (κ1) is 25.4. The highest BCUT2D eigenvalue weighted by atomic mass is 16.5. The van der Waals surface area contributed by atoms with Crippen molar-refractivity contribution in [2.45, 2.75) is 12.5 Å². The second-order valence-electron chi connectivity index (χ2n) is 9.52. The van der Waals surface area contributed by atoms with Crippen LogP contribution in [0.4, 0.5) is 0 Å². The van der Waals surface area contributed by atoms with Gasteiger partial charge in [0.25, 0.3) is 0 Å². The smallest absolute Gasteiger partial charge is 0.197 e. The lowest BCUT2D eigenvalue weighted by Crippen LogP contribution is -2.20. The van der Waals surface area contributed by atoms with Crippen molar-refractivity contribution in [3.8, 4) is 68.4 Å². The minimum Gasteiger partial charge on any atom is -0.508 e. The molecule has 7 N–H and O–H groups in total. The van der Waals surface area contributed by atoms with Gasteiger partial charge in [-0.3, -0.25) is 9.59 Å². The fourth-order valence-corrected chi connectivity index (χ4v) is 4.97. The van der Waals surface area contributed by atoms with Gasteiger partial charge in [0.2, 0.25) is 0 Å². The van der Waals surface area contributed by atoms with E-state index in [-0.39, 0.29) is 56.9 Å². The maximum Gasteiger partial charge on any atom is 0.197 e. The zero-order valence-corrected chi connectivity index (χ0v) is 20.8. The van der Waals surface area contributed by atoms with Crippen LogP contribution in [0.15, 0.2) is 69.9 Å². The van der Waals surface area contributed by atoms with Gasteiger partial charge in [-0.25, -0.2) is 0 Å². The number of ketones is 1. The highest BCUT2D eigenvalue weighted by molar-refractivity contribution is 6.06. The molecule has 0 bridgehead atoms. The van der Waals surface area contributed by atoms with E-state index < -0.39 is 51.8 Å². The third-order valence-electron chi connectivity index (χ3n) is 6.87. The fourth-order valence-electron chi connectivity index (χ4n) is 4.97. The summed E-state index contributed by atoms with van der Waals surface area (Å²) in [6.07, 6.45) is -0.927. The third kappa shape index (κ3) is 4.16. The Morgan fingerprint density at radius 3 is 2.05 bits per heavy atom. The minimum absolute atomic E-state index is 0.0278. The summed E-state index contributed by atoms with van der Waals surface area (Å²) in [5.41, 5.74) is -1.10. The van der Waals surface area contributed by atoms with Gasteiger partial charge in [-0.05, 0) is 29.8 Å². The molecular weight excluding hydrogens is 536 g/mol. The van der Waals surface area contributed by atoms with Gasteiger partial charge < -0.3 is 44.9 Å². The van der Waals surface area contributed by atoms with E-state index in [2.05, 4.69) is 0 Å². The lowest BCUT2D eigenvalue weighted by molar-refractivity contribution is 0.0845. The number of phenols is 7. The predicted octanol–water partition coefficient (Wildman–Crippen LogP) is 4.77.